The molecule has 0 heterocycles. The number of hydrogen-bond donors (Lipinski definition) is 1. The lowest BCUT2D eigenvalue weighted by Gasteiger charge is -2.20. The van der Waals surface area contributed by atoms with Gasteiger partial charge in [-0.25, -0.2) is 0 Å². The Balaban J connectivity index is 1.44. The minimum absolute atomic E-state index is 0.780. The molecule has 0 aromatic heterocycles. The third kappa shape index (κ3) is 5.03. The topological polar surface area (TPSA) is 26.0 Å². The summed E-state index contributed by atoms with van der Waals surface area (Å²) in [4.78, 5) is 0. The Bertz CT molecular complexity index is 2010. The van der Waals surface area contributed by atoms with E-state index in [4.69, 9.17) is 5.73 Å². The van der Waals surface area contributed by atoms with Gasteiger partial charge in [-0.1, -0.05) is 176 Å². The second-order valence-electron chi connectivity index (χ2n) is 10.7. The molecule has 7 rings (SSSR count). The standard InChI is InChI=1S/C42H31N/c43-42-40(29-28-34(31-18-6-2-7-19-31)41(42)32-20-8-3-9-21-32)39-27-15-14-26-38(39)37-25-13-12-24-36(37)35-23-11-10-22-33(35)30-16-4-1-5-17-30/h1-29H,43H2. The Morgan fingerprint density at radius 1 is 0.233 bits per heavy atom. The van der Waals surface area contributed by atoms with E-state index in [1.807, 2.05) is 12.1 Å². The van der Waals surface area contributed by atoms with Gasteiger partial charge >= 0.3 is 0 Å². The van der Waals surface area contributed by atoms with Gasteiger partial charge in [0.2, 0.25) is 0 Å². The van der Waals surface area contributed by atoms with Crippen LogP contribution in [-0.2, 0) is 0 Å². The largest absolute Gasteiger partial charge is 0.398 e. The highest BCUT2D eigenvalue weighted by atomic mass is 14.6. The van der Waals surface area contributed by atoms with Gasteiger partial charge in [-0.15, -0.1) is 0 Å². The van der Waals surface area contributed by atoms with Gasteiger partial charge in [0.1, 0.15) is 0 Å². The zero-order valence-electron chi connectivity index (χ0n) is 23.8. The first-order valence-electron chi connectivity index (χ1n) is 14.7. The van der Waals surface area contributed by atoms with Gasteiger partial charge in [-0.2, -0.15) is 0 Å². The van der Waals surface area contributed by atoms with Crippen LogP contribution in [0.3, 0.4) is 0 Å². The molecule has 7 aromatic carbocycles. The molecule has 0 radical (unpaired) electrons. The Morgan fingerprint density at radius 3 is 1.00 bits per heavy atom. The van der Waals surface area contributed by atoms with Gasteiger partial charge < -0.3 is 5.73 Å². The van der Waals surface area contributed by atoms with Crippen LogP contribution in [0.1, 0.15) is 0 Å². The normalized spacial score (nSPS) is 10.9. The molecule has 204 valence electrons. The summed E-state index contributed by atoms with van der Waals surface area (Å²) in [6.45, 7) is 0. The molecule has 0 aliphatic rings. The molecule has 0 amide bonds. The first-order valence-corrected chi connectivity index (χ1v) is 14.7. The van der Waals surface area contributed by atoms with E-state index in [1.54, 1.807) is 0 Å². The number of benzene rings is 7. The lowest BCUT2D eigenvalue weighted by Crippen LogP contribution is -1.98. The Labute approximate surface area is 253 Å². The fourth-order valence-electron chi connectivity index (χ4n) is 6.12. The SMILES string of the molecule is Nc1c(-c2ccccc2-c2ccccc2-c2ccccc2-c2ccccc2)ccc(-c2ccccc2)c1-c1ccccc1. The number of hydrogen-bond acceptors (Lipinski definition) is 1. The van der Waals surface area contributed by atoms with Gasteiger partial charge in [0.05, 0.1) is 0 Å². The predicted octanol–water partition coefficient (Wildman–Crippen LogP) is 11.3. The Kier molecular flexibility index (Phi) is 7.13. The van der Waals surface area contributed by atoms with Crippen LogP contribution in [0.4, 0.5) is 5.69 Å². The van der Waals surface area contributed by atoms with Crippen LogP contribution < -0.4 is 5.73 Å². The third-order valence-electron chi connectivity index (χ3n) is 8.13. The zero-order chi connectivity index (χ0) is 29.0. The van der Waals surface area contributed by atoms with Gasteiger partial charge in [0, 0.05) is 16.8 Å². The van der Waals surface area contributed by atoms with Crippen LogP contribution in [-0.4, -0.2) is 0 Å². The highest BCUT2D eigenvalue weighted by Gasteiger charge is 2.19. The van der Waals surface area contributed by atoms with Gasteiger partial charge in [0.15, 0.2) is 0 Å². The lowest BCUT2D eigenvalue weighted by atomic mass is 9.84. The van der Waals surface area contributed by atoms with E-state index in [0.29, 0.717) is 0 Å². The molecular weight excluding hydrogens is 518 g/mol. The van der Waals surface area contributed by atoms with Crippen molar-refractivity contribution in [3.8, 4) is 66.8 Å². The van der Waals surface area contributed by atoms with Crippen molar-refractivity contribution in [2.45, 2.75) is 0 Å². The maximum absolute atomic E-state index is 7.18. The van der Waals surface area contributed by atoms with Crippen molar-refractivity contribution in [2.75, 3.05) is 5.73 Å². The van der Waals surface area contributed by atoms with Crippen molar-refractivity contribution in [1.29, 1.82) is 0 Å². The Hall–Kier alpha value is -5.66. The van der Waals surface area contributed by atoms with E-state index in [9.17, 15) is 0 Å². The molecule has 1 nitrogen and oxygen atoms in total. The molecule has 0 spiro atoms. The van der Waals surface area contributed by atoms with Crippen LogP contribution >= 0.6 is 0 Å². The number of rotatable bonds is 6. The van der Waals surface area contributed by atoms with Crippen LogP contribution in [0.25, 0.3) is 66.8 Å². The molecular formula is C42H31N. The highest BCUT2D eigenvalue weighted by molar-refractivity contribution is 6.02. The van der Waals surface area contributed by atoms with Crippen LogP contribution in [0.15, 0.2) is 176 Å². The van der Waals surface area contributed by atoms with E-state index in [1.165, 1.54) is 27.8 Å². The summed E-state index contributed by atoms with van der Waals surface area (Å²) >= 11 is 0. The summed E-state index contributed by atoms with van der Waals surface area (Å²) in [7, 11) is 0. The Morgan fingerprint density at radius 2 is 0.535 bits per heavy atom. The molecule has 43 heavy (non-hydrogen) atoms. The maximum atomic E-state index is 7.18. The first kappa shape index (κ1) is 26.3. The predicted molar refractivity (Wildman–Crippen MR) is 183 cm³/mol. The lowest BCUT2D eigenvalue weighted by molar-refractivity contribution is 1.54. The van der Waals surface area contributed by atoms with E-state index < -0.39 is 0 Å². The molecule has 0 saturated carbocycles. The molecule has 0 bridgehead atoms. The minimum Gasteiger partial charge on any atom is -0.398 e. The van der Waals surface area contributed by atoms with Gasteiger partial charge in [-0.3, -0.25) is 0 Å². The molecule has 0 aliphatic carbocycles. The first-order chi connectivity index (χ1) is 21.3. The summed E-state index contributed by atoms with van der Waals surface area (Å²) < 4.78 is 0. The minimum atomic E-state index is 0.780. The summed E-state index contributed by atoms with van der Waals surface area (Å²) in [6.07, 6.45) is 0. The summed E-state index contributed by atoms with van der Waals surface area (Å²) in [5.74, 6) is 0. The van der Waals surface area contributed by atoms with Gasteiger partial charge in [-0.05, 0) is 55.6 Å². The quantitative estimate of drug-likeness (QED) is 0.205. The van der Waals surface area contributed by atoms with Crippen molar-refractivity contribution in [3.63, 3.8) is 0 Å². The molecule has 0 fully saturated rings. The molecule has 2 N–H and O–H groups in total. The van der Waals surface area contributed by atoms with E-state index >= 15 is 0 Å². The fourth-order valence-corrected chi connectivity index (χ4v) is 6.12. The summed E-state index contributed by atoms with van der Waals surface area (Å²) in [5.41, 5.74) is 21.7. The zero-order valence-corrected chi connectivity index (χ0v) is 23.8. The van der Waals surface area contributed by atoms with Crippen LogP contribution in [0.2, 0.25) is 0 Å². The molecule has 0 unspecified atom stereocenters. The maximum Gasteiger partial charge on any atom is 0.0479 e. The molecule has 1 heteroatoms. The van der Waals surface area contributed by atoms with Crippen molar-refractivity contribution in [1.82, 2.24) is 0 Å². The van der Waals surface area contributed by atoms with E-state index in [-0.39, 0.29) is 0 Å². The van der Waals surface area contributed by atoms with Gasteiger partial charge in [0.25, 0.3) is 0 Å². The average Bonchev–Trinajstić information content (AvgIpc) is 3.09. The number of nitrogen functional groups attached to an aromatic ring is 1. The number of nitrogens with two attached hydrogens (primary N) is 1. The van der Waals surface area contributed by atoms with Crippen molar-refractivity contribution in [3.05, 3.63) is 176 Å². The van der Waals surface area contributed by atoms with Crippen LogP contribution in [0, 0.1) is 0 Å². The van der Waals surface area contributed by atoms with E-state index in [0.717, 1.165) is 44.6 Å². The van der Waals surface area contributed by atoms with Crippen LogP contribution in [0.5, 0.6) is 0 Å². The van der Waals surface area contributed by atoms with Crippen molar-refractivity contribution < 1.29 is 0 Å². The number of anilines is 1. The smallest absolute Gasteiger partial charge is 0.0479 e. The summed E-state index contributed by atoms with van der Waals surface area (Å²) in [5, 5.41) is 0. The fraction of sp³-hybridized carbons (Fsp3) is 0. The highest BCUT2D eigenvalue weighted by Crippen LogP contribution is 2.46. The van der Waals surface area contributed by atoms with Crippen molar-refractivity contribution in [2.24, 2.45) is 0 Å². The second kappa shape index (κ2) is 11.7. The summed E-state index contributed by atoms with van der Waals surface area (Å²) in [6, 6.07) is 62.0. The molecule has 7 aromatic rings. The monoisotopic (exact) mass is 549 g/mol. The van der Waals surface area contributed by atoms with Crippen molar-refractivity contribution >= 4 is 5.69 Å². The second-order valence-corrected chi connectivity index (χ2v) is 10.7. The molecule has 0 aliphatic heterocycles. The molecule has 0 saturated heterocycles. The van der Waals surface area contributed by atoms with E-state index in [2.05, 4.69) is 164 Å². The molecule has 0 atom stereocenters. The average molecular weight is 550 g/mol. The third-order valence-corrected chi connectivity index (χ3v) is 8.13.